The molecular formula is C38H47NO9. The van der Waals surface area contributed by atoms with Gasteiger partial charge in [-0.2, -0.15) is 0 Å². The number of nitrogens with one attached hydrogen (secondary N) is 1. The predicted octanol–water partition coefficient (Wildman–Crippen LogP) is 6.20. The van der Waals surface area contributed by atoms with Crippen molar-refractivity contribution in [2.75, 3.05) is 6.61 Å². The van der Waals surface area contributed by atoms with Gasteiger partial charge in [0.15, 0.2) is 12.1 Å². The van der Waals surface area contributed by atoms with E-state index in [2.05, 4.69) is 5.32 Å². The molecule has 0 radical (unpaired) electrons. The second kappa shape index (κ2) is 18.6. The fourth-order valence-corrected chi connectivity index (χ4v) is 4.63. The van der Waals surface area contributed by atoms with Crippen LogP contribution in [0.4, 0.5) is 4.79 Å². The van der Waals surface area contributed by atoms with Crippen molar-refractivity contribution >= 4 is 24.0 Å². The van der Waals surface area contributed by atoms with Crippen LogP contribution in [-0.2, 0) is 57.7 Å². The van der Waals surface area contributed by atoms with E-state index in [4.69, 9.17) is 23.7 Å². The fraction of sp³-hybridized carbons (Fsp3) is 0.421. The highest BCUT2D eigenvalue weighted by Crippen LogP contribution is 2.24. The van der Waals surface area contributed by atoms with E-state index in [-0.39, 0.29) is 26.2 Å². The van der Waals surface area contributed by atoms with Crippen molar-refractivity contribution in [3.8, 4) is 0 Å². The number of hydrogen-bond donors (Lipinski definition) is 1. The highest BCUT2D eigenvalue weighted by molar-refractivity contribution is 5.82. The molecule has 0 aromatic heterocycles. The van der Waals surface area contributed by atoms with Gasteiger partial charge in [0.1, 0.15) is 24.2 Å². The second-order valence-corrected chi connectivity index (χ2v) is 12.8. The Hall–Kier alpha value is -4.70. The van der Waals surface area contributed by atoms with Crippen molar-refractivity contribution in [2.24, 2.45) is 11.8 Å². The lowest BCUT2D eigenvalue weighted by Crippen LogP contribution is -2.50. The molecule has 10 heteroatoms. The maximum absolute atomic E-state index is 13.7. The van der Waals surface area contributed by atoms with Gasteiger partial charge in [-0.15, -0.1) is 0 Å². The Labute approximate surface area is 283 Å². The second-order valence-electron chi connectivity index (χ2n) is 12.8. The van der Waals surface area contributed by atoms with Crippen molar-refractivity contribution in [1.29, 1.82) is 0 Å². The molecule has 10 nitrogen and oxygen atoms in total. The molecule has 0 saturated carbocycles. The third kappa shape index (κ3) is 13.2. The number of rotatable bonds is 16. The predicted molar refractivity (Wildman–Crippen MR) is 179 cm³/mol. The van der Waals surface area contributed by atoms with Crippen molar-refractivity contribution in [3.63, 3.8) is 0 Å². The first-order valence-corrected chi connectivity index (χ1v) is 16.1. The minimum absolute atomic E-state index is 0.00458. The van der Waals surface area contributed by atoms with E-state index >= 15 is 0 Å². The van der Waals surface area contributed by atoms with E-state index in [1.165, 1.54) is 6.92 Å². The maximum atomic E-state index is 13.7. The van der Waals surface area contributed by atoms with Crippen molar-refractivity contribution < 1.29 is 42.9 Å². The van der Waals surface area contributed by atoms with Gasteiger partial charge in [-0.1, -0.05) is 105 Å². The van der Waals surface area contributed by atoms with Crippen LogP contribution < -0.4 is 5.32 Å². The van der Waals surface area contributed by atoms with Crippen LogP contribution in [0.3, 0.4) is 0 Å². The number of hydrogen-bond acceptors (Lipinski definition) is 9. The maximum Gasteiger partial charge on any atom is 0.408 e. The van der Waals surface area contributed by atoms with Crippen LogP contribution in [0, 0.1) is 11.8 Å². The van der Waals surface area contributed by atoms with Gasteiger partial charge in [0.05, 0.1) is 19.1 Å². The first kappa shape index (κ1) is 37.8. The lowest BCUT2D eigenvalue weighted by molar-refractivity contribution is -0.181. The first-order valence-electron chi connectivity index (χ1n) is 16.1. The molecule has 48 heavy (non-hydrogen) atoms. The topological polar surface area (TPSA) is 126 Å². The van der Waals surface area contributed by atoms with Crippen molar-refractivity contribution in [2.45, 2.75) is 85.0 Å². The molecule has 0 aliphatic carbocycles. The van der Waals surface area contributed by atoms with Crippen LogP contribution in [-0.4, -0.2) is 54.5 Å². The summed E-state index contributed by atoms with van der Waals surface area (Å²) in [5.41, 5.74) is 1.62. The summed E-state index contributed by atoms with van der Waals surface area (Å²) in [6.07, 6.45) is -3.05. The third-order valence-corrected chi connectivity index (χ3v) is 7.08. The molecule has 1 amide bonds. The van der Waals surface area contributed by atoms with E-state index in [9.17, 15) is 19.2 Å². The molecule has 0 unspecified atom stereocenters. The normalized spacial score (nSPS) is 13.8. The summed E-state index contributed by atoms with van der Waals surface area (Å²) < 4.78 is 28.6. The Balaban J connectivity index is 1.86. The van der Waals surface area contributed by atoms with Crippen LogP contribution in [0.15, 0.2) is 91.0 Å². The molecule has 3 rings (SSSR count). The molecule has 0 aliphatic rings. The molecule has 1 N–H and O–H groups in total. The van der Waals surface area contributed by atoms with Gasteiger partial charge in [0.2, 0.25) is 0 Å². The van der Waals surface area contributed by atoms with Gasteiger partial charge >= 0.3 is 24.0 Å². The third-order valence-electron chi connectivity index (χ3n) is 7.08. The van der Waals surface area contributed by atoms with Gasteiger partial charge in [-0.3, -0.25) is 9.59 Å². The van der Waals surface area contributed by atoms with E-state index in [0.717, 1.165) is 16.7 Å². The fourth-order valence-electron chi connectivity index (χ4n) is 4.63. The smallest absolute Gasteiger partial charge is 0.408 e. The quantitative estimate of drug-likeness (QED) is 0.141. The molecule has 0 bridgehead atoms. The first-order chi connectivity index (χ1) is 22.8. The number of carbonyl (C=O) groups is 4. The summed E-state index contributed by atoms with van der Waals surface area (Å²) in [6.45, 7) is 9.92. The van der Waals surface area contributed by atoms with Crippen molar-refractivity contribution in [1.82, 2.24) is 5.32 Å². The highest BCUT2D eigenvalue weighted by Gasteiger charge is 2.40. The highest BCUT2D eigenvalue weighted by atomic mass is 16.6. The standard InChI is InChI=1S/C38H47NO9/c1-26(2)34(40)47-33(31(22-28-16-10-7-11-17-28)35(41)45-24-30-20-14-9-15-21-30)27(3)46-36(42)32(39-37(43)48-38(4,5)6)25-44-23-29-18-12-8-13-19-29/h7-21,26-27,31-33H,22-25H2,1-6H3,(H,39,43)/t27-,31+,32-,33-/m0/s1. The monoisotopic (exact) mass is 661 g/mol. The Morgan fingerprint density at radius 1 is 0.667 bits per heavy atom. The number of carbonyl (C=O) groups excluding carboxylic acids is 4. The summed E-state index contributed by atoms with van der Waals surface area (Å²) >= 11 is 0. The Morgan fingerprint density at radius 3 is 1.71 bits per heavy atom. The summed E-state index contributed by atoms with van der Waals surface area (Å²) in [5.74, 6) is -3.62. The van der Waals surface area contributed by atoms with E-state index in [0.29, 0.717) is 0 Å². The van der Waals surface area contributed by atoms with Gasteiger partial charge in [-0.25, -0.2) is 9.59 Å². The minimum atomic E-state index is -1.27. The molecule has 3 aromatic rings. The Morgan fingerprint density at radius 2 is 1.19 bits per heavy atom. The Kier molecular flexibility index (Phi) is 14.6. The largest absolute Gasteiger partial charge is 0.460 e. The molecule has 0 saturated heterocycles. The SMILES string of the molecule is CC(C)C(=O)O[C@@H]([C@H](C)OC(=O)[C@H](COCc1ccccc1)NC(=O)OC(C)(C)C)[C@@H](Cc1ccccc1)C(=O)OCc1ccccc1. The zero-order valence-corrected chi connectivity index (χ0v) is 28.5. The zero-order chi connectivity index (χ0) is 35.1. The number of esters is 3. The van der Waals surface area contributed by atoms with Crippen LogP contribution in [0.5, 0.6) is 0 Å². The molecule has 3 aromatic carbocycles. The molecule has 0 heterocycles. The van der Waals surface area contributed by atoms with Gasteiger partial charge in [0.25, 0.3) is 0 Å². The summed E-state index contributed by atoms with van der Waals surface area (Å²) in [6, 6.07) is 26.5. The zero-order valence-electron chi connectivity index (χ0n) is 28.5. The van der Waals surface area contributed by atoms with Crippen LogP contribution in [0.1, 0.15) is 58.2 Å². The van der Waals surface area contributed by atoms with E-state index in [1.807, 2.05) is 91.0 Å². The molecule has 4 atom stereocenters. The van der Waals surface area contributed by atoms with Crippen LogP contribution in [0.2, 0.25) is 0 Å². The number of benzene rings is 3. The van der Waals surface area contributed by atoms with Gasteiger partial charge in [-0.05, 0) is 50.8 Å². The molecule has 0 aliphatic heterocycles. The van der Waals surface area contributed by atoms with Gasteiger partial charge in [0, 0.05) is 0 Å². The molecule has 258 valence electrons. The lowest BCUT2D eigenvalue weighted by atomic mass is 9.90. The number of amides is 1. The van der Waals surface area contributed by atoms with E-state index in [1.54, 1.807) is 34.6 Å². The average molecular weight is 662 g/mol. The molecule has 0 fully saturated rings. The van der Waals surface area contributed by atoms with Gasteiger partial charge < -0.3 is 29.0 Å². The van der Waals surface area contributed by atoms with Crippen LogP contribution >= 0.6 is 0 Å². The number of alkyl carbamates (subject to hydrolysis) is 1. The molecular weight excluding hydrogens is 614 g/mol. The summed E-state index contributed by atoms with van der Waals surface area (Å²) in [5, 5.41) is 2.53. The Bertz CT molecular complexity index is 1440. The average Bonchev–Trinajstić information content (AvgIpc) is 3.05. The van der Waals surface area contributed by atoms with Crippen molar-refractivity contribution in [3.05, 3.63) is 108 Å². The number of ether oxygens (including phenoxy) is 5. The minimum Gasteiger partial charge on any atom is -0.460 e. The summed E-state index contributed by atoms with van der Waals surface area (Å²) in [7, 11) is 0. The summed E-state index contributed by atoms with van der Waals surface area (Å²) in [4.78, 5) is 53.1. The van der Waals surface area contributed by atoms with Crippen LogP contribution in [0.25, 0.3) is 0 Å². The van der Waals surface area contributed by atoms with E-state index < -0.39 is 59.7 Å². The lowest BCUT2D eigenvalue weighted by Gasteiger charge is -2.31. The molecule has 0 spiro atoms.